The monoisotopic (exact) mass is 547 g/mol. The second kappa shape index (κ2) is 13.8. The van der Waals surface area contributed by atoms with Gasteiger partial charge in [0.15, 0.2) is 5.78 Å². The Morgan fingerprint density at radius 1 is 0.737 bits per heavy atom. The van der Waals surface area contributed by atoms with Crippen molar-refractivity contribution in [3.63, 3.8) is 0 Å². The Bertz CT molecular complexity index is 1350. The summed E-state index contributed by atoms with van der Waals surface area (Å²) >= 11 is 12.3. The van der Waals surface area contributed by atoms with E-state index in [-0.39, 0.29) is 31.1 Å². The lowest BCUT2D eigenvalue weighted by Crippen LogP contribution is -2.45. The van der Waals surface area contributed by atoms with Crippen LogP contribution < -0.4 is 10.1 Å². The molecule has 1 amide bonds. The Kier molecular flexibility index (Phi) is 9.93. The lowest BCUT2D eigenvalue weighted by Gasteiger charge is -2.19. The number of carbonyl (C=O) groups excluding carboxylic acids is 2. The molecule has 0 bridgehead atoms. The van der Waals surface area contributed by atoms with Crippen LogP contribution in [0.5, 0.6) is 11.5 Å². The molecule has 4 aromatic rings. The van der Waals surface area contributed by atoms with E-state index < -0.39 is 6.04 Å². The first-order valence-electron chi connectivity index (χ1n) is 12.2. The summed E-state index contributed by atoms with van der Waals surface area (Å²) in [6, 6.07) is 30.5. The minimum Gasteiger partial charge on any atom is -0.457 e. The van der Waals surface area contributed by atoms with Gasteiger partial charge in [0.2, 0.25) is 5.91 Å². The maximum Gasteiger partial charge on any atom is 0.225 e. The number of ether oxygens (including phenoxy) is 2. The van der Waals surface area contributed by atoms with Gasteiger partial charge in [0.25, 0.3) is 0 Å². The number of amides is 1. The minimum absolute atomic E-state index is 0.00657. The number of Topliss-reactive ketones (excluding diaryl/α,β-unsaturated/α-hetero) is 1. The summed E-state index contributed by atoms with van der Waals surface area (Å²) in [7, 11) is 0. The summed E-state index contributed by atoms with van der Waals surface area (Å²) in [6.07, 6.45) is 0.122. The van der Waals surface area contributed by atoms with Gasteiger partial charge in [-0.3, -0.25) is 9.59 Å². The zero-order valence-electron chi connectivity index (χ0n) is 20.6. The van der Waals surface area contributed by atoms with E-state index in [1.807, 2.05) is 84.9 Å². The smallest absolute Gasteiger partial charge is 0.225 e. The summed E-state index contributed by atoms with van der Waals surface area (Å²) in [6.45, 7) is 0.365. The van der Waals surface area contributed by atoms with Crippen molar-refractivity contribution in [1.82, 2.24) is 5.32 Å². The molecular weight excluding hydrogens is 521 g/mol. The lowest BCUT2D eigenvalue weighted by atomic mass is 10.0. The number of carbonyl (C=O) groups is 2. The van der Waals surface area contributed by atoms with Crippen molar-refractivity contribution in [2.24, 2.45) is 0 Å². The molecule has 4 rings (SSSR count). The number of benzene rings is 4. The molecule has 4 aromatic carbocycles. The Morgan fingerprint density at radius 3 is 2.11 bits per heavy atom. The largest absolute Gasteiger partial charge is 0.457 e. The second-order valence-corrected chi connectivity index (χ2v) is 9.58. The number of hydrogen-bond donors (Lipinski definition) is 1. The summed E-state index contributed by atoms with van der Waals surface area (Å²) in [5.41, 5.74) is 2.36. The molecule has 5 nitrogen and oxygen atoms in total. The SMILES string of the molecule is O=C(Cc1cc(Cl)ccc1Cl)N[C@@H](COCc1ccccc1)C(=O)Cc1ccc(Oc2ccccc2)cc1. The van der Waals surface area contributed by atoms with E-state index in [0.29, 0.717) is 28.0 Å². The molecule has 0 fully saturated rings. The van der Waals surface area contributed by atoms with Gasteiger partial charge in [0, 0.05) is 16.5 Å². The van der Waals surface area contributed by atoms with E-state index in [4.69, 9.17) is 32.7 Å². The number of rotatable bonds is 12. The maximum atomic E-state index is 13.3. The maximum absolute atomic E-state index is 13.3. The molecule has 0 saturated carbocycles. The molecule has 0 unspecified atom stereocenters. The van der Waals surface area contributed by atoms with Crippen LogP contribution in [0, 0.1) is 0 Å². The lowest BCUT2D eigenvalue weighted by molar-refractivity contribution is -0.128. The molecule has 0 radical (unpaired) electrons. The molecule has 38 heavy (non-hydrogen) atoms. The van der Waals surface area contributed by atoms with Gasteiger partial charge < -0.3 is 14.8 Å². The van der Waals surface area contributed by atoms with Crippen LogP contribution in [0.2, 0.25) is 10.0 Å². The van der Waals surface area contributed by atoms with Gasteiger partial charge in [-0.05, 0) is 59.2 Å². The molecule has 1 atom stereocenters. The molecule has 0 heterocycles. The highest BCUT2D eigenvalue weighted by Crippen LogP contribution is 2.22. The highest BCUT2D eigenvalue weighted by Gasteiger charge is 2.22. The third-order valence-electron chi connectivity index (χ3n) is 5.76. The van der Waals surface area contributed by atoms with Crippen molar-refractivity contribution >= 4 is 34.9 Å². The summed E-state index contributed by atoms with van der Waals surface area (Å²) in [5, 5.41) is 3.74. The summed E-state index contributed by atoms with van der Waals surface area (Å²) in [4.78, 5) is 26.1. The first kappa shape index (κ1) is 27.4. The summed E-state index contributed by atoms with van der Waals surface area (Å²) in [5.74, 6) is 0.888. The van der Waals surface area contributed by atoms with Gasteiger partial charge in [-0.25, -0.2) is 0 Å². The zero-order chi connectivity index (χ0) is 26.7. The van der Waals surface area contributed by atoms with Crippen LogP contribution in [-0.4, -0.2) is 24.3 Å². The normalized spacial score (nSPS) is 11.5. The minimum atomic E-state index is -0.829. The van der Waals surface area contributed by atoms with E-state index in [1.165, 1.54) is 0 Å². The number of halogens is 2. The standard InChI is InChI=1S/C31H27Cl2NO4/c32-25-13-16-28(33)24(18-25)19-31(36)34-29(21-37-20-23-7-3-1-4-8-23)30(35)17-22-11-14-27(15-12-22)38-26-9-5-2-6-10-26/h1-16,18,29H,17,19-21H2,(H,34,36)/t29-/m0/s1. The van der Waals surface area contributed by atoms with Crippen molar-refractivity contribution in [3.05, 3.63) is 130 Å². The van der Waals surface area contributed by atoms with Gasteiger partial charge in [0.1, 0.15) is 17.5 Å². The second-order valence-electron chi connectivity index (χ2n) is 8.74. The Balaban J connectivity index is 1.40. The van der Waals surface area contributed by atoms with Gasteiger partial charge in [-0.15, -0.1) is 0 Å². The van der Waals surface area contributed by atoms with Crippen LogP contribution in [-0.2, 0) is 33.8 Å². The van der Waals surface area contributed by atoms with E-state index in [9.17, 15) is 9.59 Å². The molecule has 1 N–H and O–H groups in total. The topological polar surface area (TPSA) is 64.6 Å². The molecule has 0 aromatic heterocycles. The highest BCUT2D eigenvalue weighted by molar-refractivity contribution is 6.33. The van der Waals surface area contributed by atoms with Gasteiger partial charge in [-0.1, -0.05) is 83.9 Å². The molecule has 0 aliphatic rings. The van der Waals surface area contributed by atoms with Gasteiger partial charge in [-0.2, -0.15) is 0 Å². The van der Waals surface area contributed by atoms with Crippen LogP contribution in [0.25, 0.3) is 0 Å². The van der Waals surface area contributed by atoms with Crippen molar-refractivity contribution in [3.8, 4) is 11.5 Å². The van der Waals surface area contributed by atoms with Crippen LogP contribution in [0.4, 0.5) is 0 Å². The van der Waals surface area contributed by atoms with Gasteiger partial charge in [0.05, 0.1) is 19.6 Å². The third kappa shape index (κ3) is 8.45. The number of para-hydroxylation sites is 1. The average molecular weight is 548 g/mol. The third-order valence-corrected chi connectivity index (χ3v) is 6.36. The quantitative estimate of drug-likeness (QED) is 0.211. The molecular formula is C31H27Cl2NO4. The Labute approximate surface area is 232 Å². The van der Waals surface area contributed by atoms with Crippen molar-refractivity contribution in [2.75, 3.05) is 6.61 Å². The molecule has 0 aliphatic carbocycles. The van der Waals surface area contributed by atoms with Gasteiger partial charge >= 0.3 is 0 Å². The van der Waals surface area contributed by atoms with Crippen LogP contribution in [0.1, 0.15) is 16.7 Å². The van der Waals surface area contributed by atoms with E-state index in [1.54, 1.807) is 18.2 Å². The predicted octanol–water partition coefficient (Wildman–Crippen LogP) is 6.84. The molecule has 0 saturated heterocycles. The highest BCUT2D eigenvalue weighted by atomic mass is 35.5. The average Bonchev–Trinajstić information content (AvgIpc) is 2.92. The fourth-order valence-corrected chi connectivity index (χ4v) is 4.18. The zero-order valence-corrected chi connectivity index (χ0v) is 22.1. The van der Waals surface area contributed by atoms with E-state index in [2.05, 4.69) is 5.32 Å². The van der Waals surface area contributed by atoms with E-state index >= 15 is 0 Å². The molecule has 194 valence electrons. The van der Waals surface area contributed by atoms with Crippen LogP contribution in [0.3, 0.4) is 0 Å². The van der Waals surface area contributed by atoms with Crippen LogP contribution >= 0.6 is 23.2 Å². The fraction of sp³-hybridized carbons (Fsp3) is 0.161. The van der Waals surface area contributed by atoms with E-state index in [0.717, 1.165) is 16.9 Å². The molecule has 7 heteroatoms. The first-order chi connectivity index (χ1) is 18.5. The molecule has 0 spiro atoms. The van der Waals surface area contributed by atoms with Crippen LogP contribution in [0.15, 0.2) is 103 Å². The number of ketones is 1. The van der Waals surface area contributed by atoms with Crippen molar-refractivity contribution in [2.45, 2.75) is 25.5 Å². The Morgan fingerprint density at radius 2 is 1.39 bits per heavy atom. The van der Waals surface area contributed by atoms with Crippen molar-refractivity contribution < 1.29 is 19.1 Å². The number of hydrogen-bond acceptors (Lipinski definition) is 4. The predicted molar refractivity (Wildman–Crippen MR) is 150 cm³/mol. The fourth-order valence-electron chi connectivity index (χ4n) is 3.81. The Hall–Kier alpha value is -3.64. The number of nitrogens with one attached hydrogen (secondary N) is 1. The first-order valence-corrected chi connectivity index (χ1v) is 12.9. The van der Waals surface area contributed by atoms with Crippen molar-refractivity contribution in [1.29, 1.82) is 0 Å². The molecule has 0 aliphatic heterocycles. The summed E-state index contributed by atoms with van der Waals surface area (Å²) < 4.78 is 11.6.